The molecule has 0 bridgehead atoms. The van der Waals surface area contributed by atoms with Crippen LogP contribution in [0.3, 0.4) is 0 Å². The Bertz CT molecular complexity index is 1590. The van der Waals surface area contributed by atoms with Gasteiger partial charge < -0.3 is 19.9 Å². The molecule has 4 heterocycles. The topological polar surface area (TPSA) is 110 Å². The van der Waals surface area contributed by atoms with Gasteiger partial charge in [0.25, 0.3) is 5.56 Å². The van der Waals surface area contributed by atoms with E-state index in [0.29, 0.717) is 42.4 Å². The third-order valence-corrected chi connectivity index (χ3v) is 6.90. The number of piperazine rings is 1. The summed E-state index contributed by atoms with van der Waals surface area (Å²) in [4.78, 5) is 43.0. The highest BCUT2D eigenvalue weighted by molar-refractivity contribution is 5.77. The second kappa shape index (κ2) is 10.8. The molecule has 1 aliphatic heterocycles. The Morgan fingerprint density at radius 2 is 1.80 bits per heavy atom. The molecule has 5 rings (SSSR count). The van der Waals surface area contributed by atoms with Crippen LogP contribution in [0.15, 0.2) is 66.1 Å². The van der Waals surface area contributed by atoms with Gasteiger partial charge in [0.2, 0.25) is 5.95 Å². The summed E-state index contributed by atoms with van der Waals surface area (Å²) in [6.45, 7) is 13.1. The van der Waals surface area contributed by atoms with Gasteiger partial charge in [-0.3, -0.25) is 4.79 Å². The molecule has 0 aliphatic carbocycles. The van der Waals surface area contributed by atoms with E-state index >= 15 is 0 Å². The van der Waals surface area contributed by atoms with Crippen LogP contribution < -0.4 is 15.8 Å². The van der Waals surface area contributed by atoms with Crippen molar-refractivity contribution in [3.8, 4) is 5.82 Å². The molecule has 1 N–H and O–H groups in total. The van der Waals surface area contributed by atoms with E-state index in [4.69, 9.17) is 14.7 Å². The summed E-state index contributed by atoms with van der Waals surface area (Å²) in [5.74, 6) is 0.964. The monoisotopic (exact) mass is 542 g/mol. The van der Waals surface area contributed by atoms with Crippen LogP contribution in [0.4, 0.5) is 22.1 Å². The first-order chi connectivity index (χ1) is 19.2. The molecule has 1 saturated heterocycles. The van der Waals surface area contributed by atoms with Crippen molar-refractivity contribution in [3.05, 3.63) is 77.4 Å². The number of carbonyl (C=O) groups excluding carboxylic acids is 1. The SMILES string of the molecule is C=CCn1c(=O)c2cnc(Nc3ccc(N4CCN(C(=O)OC)CC4)cc3)nc2n1-c1cccc(C(C)(C)C)n1. The molecule has 4 aromatic rings. The molecule has 1 aliphatic rings. The van der Waals surface area contributed by atoms with Crippen LogP contribution in [0.25, 0.3) is 16.9 Å². The van der Waals surface area contributed by atoms with Crippen LogP contribution in [-0.4, -0.2) is 68.6 Å². The van der Waals surface area contributed by atoms with Gasteiger partial charge in [0.1, 0.15) is 5.39 Å². The maximum Gasteiger partial charge on any atom is 0.409 e. The van der Waals surface area contributed by atoms with Crippen molar-refractivity contribution in [1.29, 1.82) is 0 Å². The van der Waals surface area contributed by atoms with Crippen molar-refractivity contribution >= 4 is 34.4 Å². The van der Waals surface area contributed by atoms with Gasteiger partial charge in [-0.2, -0.15) is 4.98 Å². The van der Waals surface area contributed by atoms with E-state index in [0.717, 1.165) is 30.2 Å². The maximum atomic E-state index is 13.3. The quantitative estimate of drug-likeness (QED) is 0.363. The maximum absolute atomic E-state index is 13.3. The van der Waals surface area contributed by atoms with Gasteiger partial charge in [-0.1, -0.05) is 32.9 Å². The van der Waals surface area contributed by atoms with Crippen LogP contribution in [0.5, 0.6) is 0 Å². The predicted octanol–water partition coefficient (Wildman–Crippen LogP) is 4.09. The lowest BCUT2D eigenvalue weighted by Gasteiger charge is -2.35. The first kappa shape index (κ1) is 26.9. The highest BCUT2D eigenvalue weighted by atomic mass is 16.5. The Balaban J connectivity index is 1.42. The zero-order valence-corrected chi connectivity index (χ0v) is 23.3. The number of anilines is 3. The number of pyridine rings is 1. The van der Waals surface area contributed by atoms with E-state index in [1.807, 2.05) is 42.5 Å². The number of carbonyl (C=O) groups is 1. The van der Waals surface area contributed by atoms with Gasteiger partial charge >= 0.3 is 6.09 Å². The van der Waals surface area contributed by atoms with Gasteiger partial charge in [-0.15, -0.1) is 6.58 Å². The summed E-state index contributed by atoms with van der Waals surface area (Å²) in [6.07, 6.45) is 2.93. The highest BCUT2D eigenvalue weighted by Gasteiger charge is 2.22. The van der Waals surface area contributed by atoms with Gasteiger partial charge in [0, 0.05) is 54.9 Å². The first-order valence-electron chi connectivity index (χ1n) is 13.2. The number of benzene rings is 1. The molecule has 11 heteroatoms. The lowest BCUT2D eigenvalue weighted by Crippen LogP contribution is -2.48. The fourth-order valence-corrected chi connectivity index (χ4v) is 4.73. The molecule has 3 aromatic heterocycles. The average Bonchev–Trinajstić information content (AvgIpc) is 3.23. The van der Waals surface area contributed by atoms with Crippen LogP contribution in [0.2, 0.25) is 0 Å². The molecule has 11 nitrogen and oxygen atoms in total. The summed E-state index contributed by atoms with van der Waals surface area (Å²) in [6, 6.07) is 13.7. The predicted molar refractivity (Wildman–Crippen MR) is 156 cm³/mol. The van der Waals surface area contributed by atoms with Gasteiger partial charge in [0.05, 0.1) is 13.7 Å². The number of amides is 1. The van der Waals surface area contributed by atoms with Crippen LogP contribution in [0, 0.1) is 0 Å². The van der Waals surface area contributed by atoms with Crippen LogP contribution in [-0.2, 0) is 16.7 Å². The van der Waals surface area contributed by atoms with Crippen molar-refractivity contribution < 1.29 is 9.53 Å². The zero-order valence-electron chi connectivity index (χ0n) is 23.3. The second-order valence-electron chi connectivity index (χ2n) is 10.7. The van der Waals surface area contributed by atoms with Crippen molar-refractivity contribution in [1.82, 2.24) is 29.2 Å². The van der Waals surface area contributed by atoms with Gasteiger partial charge in [-0.05, 0) is 36.4 Å². The summed E-state index contributed by atoms with van der Waals surface area (Å²) in [5, 5.41) is 3.66. The highest BCUT2D eigenvalue weighted by Crippen LogP contribution is 2.24. The molecule has 0 spiro atoms. The number of fused-ring (bicyclic) bond motifs is 1. The third-order valence-electron chi connectivity index (χ3n) is 6.90. The van der Waals surface area contributed by atoms with E-state index in [-0.39, 0.29) is 17.1 Å². The number of methoxy groups -OCH3 is 1. The molecule has 0 atom stereocenters. The van der Waals surface area contributed by atoms with Crippen molar-refractivity contribution in [2.45, 2.75) is 32.7 Å². The molecule has 40 heavy (non-hydrogen) atoms. The number of ether oxygens (including phenoxy) is 1. The minimum Gasteiger partial charge on any atom is -0.453 e. The third kappa shape index (κ3) is 5.27. The van der Waals surface area contributed by atoms with E-state index in [1.165, 1.54) is 7.11 Å². The average molecular weight is 543 g/mol. The number of allylic oxidation sites excluding steroid dienone is 1. The molecule has 0 unspecified atom stereocenters. The Morgan fingerprint density at radius 3 is 2.45 bits per heavy atom. The van der Waals surface area contributed by atoms with E-state index in [2.05, 4.69) is 42.6 Å². The number of hydrogen-bond donors (Lipinski definition) is 1. The Labute approximate surface area is 232 Å². The zero-order chi connectivity index (χ0) is 28.4. The van der Waals surface area contributed by atoms with Crippen molar-refractivity contribution in [2.24, 2.45) is 0 Å². The lowest BCUT2D eigenvalue weighted by molar-refractivity contribution is 0.121. The Kier molecular flexibility index (Phi) is 7.29. The normalized spacial score (nSPS) is 13.9. The molecule has 1 aromatic carbocycles. The van der Waals surface area contributed by atoms with Crippen LogP contribution in [0.1, 0.15) is 26.5 Å². The van der Waals surface area contributed by atoms with E-state index in [9.17, 15) is 9.59 Å². The molecule has 1 fully saturated rings. The molecule has 1 amide bonds. The number of nitrogens with one attached hydrogen (secondary N) is 1. The summed E-state index contributed by atoms with van der Waals surface area (Å²) in [7, 11) is 1.40. The van der Waals surface area contributed by atoms with Crippen molar-refractivity contribution in [3.63, 3.8) is 0 Å². The Morgan fingerprint density at radius 1 is 1.07 bits per heavy atom. The molecule has 208 valence electrons. The smallest absolute Gasteiger partial charge is 0.409 e. The van der Waals surface area contributed by atoms with Gasteiger partial charge in [-0.25, -0.2) is 24.1 Å². The fourth-order valence-electron chi connectivity index (χ4n) is 4.73. The minimum absolute atomic E-state index is 0.161. The minimum atomic E-state index is -0.292. The molecular weight excluding hydrogens is 508 g/mol. The Hall–Kier alpha value is -4.67. The summed E-state index contributed by atoms with van der Waals surface area (Å²) >= 11 is 0. The van der Waals surface area contributed by atoms with Gasteiger partial charge in [0.15, 0.2) is 11.5 Å². The number of nitrogens with zero attached hydrogens (tertiary/aromatic N) is 7. The largest absolute Gasteiger partial charge is 0.453 e. The van der Waals surface area contributed by atoms with Crippen LogP contribution >= 0.6 is 0 Å². The molecule has 0 saturated carbocycles. The summed E-state index contributed by atoms with van der Waals surface area (Å²) in [5.41, 5.74) is 2.87. The first-order valence-corrected chi connectivity index (χ1v) is 13.2. The number of aromatic nitrogens is 5. The fraction of sp³-hybridized carbons (Fsp3) is 0.345. The standard InChI is InChI=1S/C29H34N8O3/c1-6-14-36-26(38)22-19-30-27(33-25(22)37(36)24-9-7-8-23(32-24)29(2,3)4)31-20-10-12-21(13-11-20)34-15-17-35(18-16-34)28(39)40-5/h6-13,19H,1,14-18H2,2-5H3,(H,30,31,33). The lowest BCUT2D eigenvalue weighted by atomic mass is 9.92. The van der Waals surface area contributed by atoms with E-state index < -0.39 is 0 Å². The molecule has 0 radical (unpaired) electrons. The second-order valence-corrected chi connectivity index (χ2v) is 10.7. The number of hydrogen-bond acceptors (Lipinski definition) is 8. The molecular formula is C29H34N8O3. The van der Waals surface area contributed by atoms with E-state index in [1.54, 1.807) is 26.5 Å². The summed E-state index contributed by atoms with van der Waals surface area (Å²) < 4.78 is 8.12. The number of rotatable bonds is 6. The van der Waals surface area contributed by atoms with Crippen molar-refractivity contribution in [2.75, 3.05) is 43.5 Å².